The average molecular weight is 362 g/mol. The molecule has 1 saturated heterocycles. The molecule has 0 unspecified atom stereocenters. The smallest absolute Gasteiger partial charge is 0.193 e. The second kappa shape index (κ2) is 10.3. The first kappa shape index (κ1) is 20.4. The van der Waals surface area contributed by atoms with Gasteiger partial charge in [0.25, 0.3) is 0 Å². The minimum Gasteiger partial charge on any atom is -0.506 e. The fourth-order valence-corrected chi connectivity index (χ4v) is 3.17. The van der Waals surface area contributed by atoms with Crippen LogP contribution in [0.3, 0.4) is 0 Å². The summed E-state index contributed by atoms with van der Waals surface area (Å²) in [6.45, 7) is 10.1. The van der Waals surface area contributed by atoms with Gasteiger partial charge in [-0.2, -0.15) is 0 Å². The molecule has 1 aliphatic heterocycles. The van der Waals surface area contributed by atoms with Gasteiger partial charge in [-0.3, -0.25) is 4.99 Å². The van der Waals surface area contributed by atoms with Crippen molar-refractivity contribution in [3.8, 4) is 5.75 Å². The molecule has 0 atom stereocenters. The van der Waals surface area contributed by atoms with Crippen LogP contribution in [0.2, 0.25) is 0 Å². The number of unbranched alkanes of at least 4 members (excludes halogenated alkanes) is 1. The molecule has 0 saturated carbocycles. The lowest BCUT2D eigenvalue weighted by atomic mass is 10.2. The van der Waals surface area contributed by atoms with Gasteiger partial charge in [-0.05, 0) is 52.4 Å². The van der Waals surface area contributed by atoms with Crippen LogP contribution >= 0.6 is 0 Å². The van der Waals surface area contributed by atoms with E-state index < -0.39 is 0 Å². The van der Waals surface area contributed by atoms with Gasteiger partial charge >= 0.3 is 0 Å². The number of para-hydroxylation sites is 2. The number of anilines is 1. The largest absolute Gasteiger partial charge is 0.506 e. The highest BCUT2D eigenvalue weighted by atomic mass is 16.3. The Morgan fingerprint density at radius 3 is 2.50 bits per heavy atom. The van der Waals surface area contributed by atoms with E-state index in [1.807, 2.05) is 25.2 Å². The minimum atomic E-state index is 0.356. The number of rotatable bonds is 7. The van der Waals surface area contributed by atoms with Gasteiger partial charge < -0.3 is 25.1 Å². The maximum atomic E-state index is 10.0. The lowest BCUT2D eigenvalue weighted by molar-refractivity contribution is 0.268. The van der Waals surface area contributed by atoms with Crippen LogP contribution in [0.1, 0.15) is 26.7 Å². The molecule has 1 aromatic rings. The Morgan fingerprint density at radius 1 is 1.19 bits per heavy atom. The zero-order valence-electron chi connectivity index (χ0n) is 16.8. The summed E-state index contributed by atoms with van der Waals surface area (Å²) in [5.41, 5.74) is 0.921. The molecule has 1 fully saturated rings. The number of hydrogen-bond donors (Lipinski definition) is 2. The summed E-state index contributed by atoms with van der Waals surface area (Å²) in [4.78, 5) is 11.4. The topological polar surface area (TPSA) is 54.3 Å². The van der Waals surface area contributed by atoms with Crippen LogP contribution in [0.4, 0.5) is 5.69 Å². The van der Waals surface area contributed by atoms with Crippen LogP contribution in [-0.2, 0) is 0 Å². The Kier molecular flexibility index (Phi) is 8.04. The molecule has 2 N–H and O–H groups in total. The zero-order valence-corrected chi connectivity index (χ0v) is 16.8. The number of phenolic OH excluding ortho intramolecular Hbond substituents is 1. The standard InChI is InChI=1S/C20H35N5O/c1-17(2)23(4)12-8-7-11-22-20(21-3)25-15-13-24(14-16-25)18-9-5-6-10-19(18)26/h5-6,9-10,17,26H,7-8,11-16H2,1-4H3,(H,21,22). The van der Waals surface area contributed by atoms with E-state index in [1.54, 1.807) is 6.07 Å². The van der Waals surface area contributed by atoms with E-state index in [1.165, 1.54) is 6.42 Å². The molecule has 6 nitrogen and oxygen atoms in total. The monoisotopic (exact) mass is 361 g/mol. The quantitative estimate of drug-likeness (QED) is 0.443. The summed E-state index contributed by atoms with van der Waals surface area (Å²) >= 11 is 0. The maximum Gasteiger partial charge on any atom is 0.193 e. The van der Waals surface area contributed by atoms with Gasteiger partial charge in [0.05, 0.1) is 5.69 Å². The van der Waals surface area contributed by atoms with E-state index in [4.69, 9.17) is 0 Å². The summed E-state index contributed by atoms with van der Waals surface area (Å²) in [6, 6.07) is 8.17. The first-order valence-electron chi connectivity index (χ1n) is 9.71. The number of nitrogens with zero attached hydrogens (tertiary/aromatic N) is 4. The van der Waals surface area contributed by atoms with Crippen LogP contribution in [0.15, 0.2) is 29.3 Å². The van der Waals surface area contributed by atoms with E-state index in [-0.39, 0.29) is 0 Å². The van der Waals surface area contributed by atoms with Gasteiger partial charge in [0.2, 0.25) is 0 Å². The number of guanidine groups is 1. The van der Waals surface area contributed by atoms with Gasteiger partial charge in [0.1, 0.15) is 5.75 Å². The van der Waals surface area contributed by atoms with Gasteiger partial charge in [-0.1, -0.05) is 12.1 Å². The van der Waals surface area contributed by atoms with E-state index >= 15 is 0 Å². The van der Waals surface area contributed by atoms with Crippen molar-refractivity contribution in [2.75, 3.05) is 58.3 Å². The summed E-state index contributed by atoms with van der Waals surface area (Å²) in [5.74, 6) is 1.34. The van der Waals surface area contributed by atoms with Crippen molar-refractivity contribution < 1.29 is 5.11 Å². The second-order valence-electron chi connectivity index (χ2n) is 7.22. The Labute approximate surface area is 158 Å². The van der Waals surface area contributed by atoms with Crippen molar-refractivity contribution in [3.05, 3.63) is 24.3 Å². The fourth-order valence-electron chi connectivity index (χ4n) is 3.17. The summed E-state index contributed by atoms with van der Waals surface area (Å²) in [5, 5.41) is 13.5. The van der Waals surface area contributed by atoms with Gasteiger partial charge in [-0.15, -0.1) is 0 Å². The molecular weight excluding hydrogens is 326 g/mol. The second-order valence-corrected chi connectivity index (χ2v) is 7.22. The number of phenols is 1. The summed E-state index contributed by atoms with van der Waals surface area (Å²) in [7, 11) is 4.03. The number of aliphatic imine (C=N–C) groups is 1. The van der Waals surface area contributed by atoms with Crippen LogP contribution in [0, 0.1) is 0 Å². The van der Waals surface area contributed by atoms with Crippen molar-refractivity contribution in [3.63, 3.8) is 0 Å². The molecule has 1 aromatic carbocycles. The Morgan fingerprint density at radius 2 is 1.88 bits per heavy atom. The van der Waals surface area contributed by atoms with Crippen molar-refractivity contribution in [1.29, 1.82) is 0 Å². The normalized spacial score (nSPS) is 15.8. The van der Waals surface area contributed by atoms with Crippen molar-refractivity contribution in [2.24, 2.45) is 4.99 Å². The molecule has 6 heteroatoms. The molecule has 1 aliphatic rings. The van der Waals surface area contributed by atoms with Gasteiger partial charge in [0.15, 0.2) is 5.96 Å². The van der Waals surface area contributed by atoms with E-state index in [2.05, 4.69) is 45.9 Å². The Bertz CT molecular complexity index is 567. The highest BCUT2D eigenvalue weighted by Crippen LogP contribution is 2.27. The SMILES string of the molecule is CN=C(NCCCCN(C)C(C)C)N1CCN(c2ccccc2O)CC1. The zero-order chi connectivity index (χ0) is 18.9. The molecule has 146 valence electrons. The molecule has 1 heterocycles. The number of benzene rings is 1. The molecule has 0 radical (unpaired) electrons. The van der Waals surface area contributed by atoms with Crippen LogP contribution in [-0.4, -0.2) is 80.3 Å². The first-order valence-corrected chi connectivity index (χ1v) is 9.71. The van der Waals surface area contributed by atoms with Crippen LogP contribution in [0.5, 0.6) is 5.75 Å². The van der Waals surface area contributed by atoms with Gasteiger partial charge in [-0.25, -0.2) is 0 Å². The lowest BCUT2D eigenvalue weighted by Gasteiger charge is -2.37. The highest BCUT2D eigenvalue weighted by Gasteiger charge is 2.21. The Hall–Kier alpha value is -1.95. The third kappa shape index (κ3) is 5.80. The predicted molar refractivity (Wildman–Crippen MR) is 110 cm³/mol. The van der Waals surface area contributed by atoms with E-state index in [0.29, 0.717) is 11.8 Å². The minimum absolute atomic E-state index is 0.356. The molecule has 0 aromatic heterocycles. The molecule has 0 aliphatic carbocycles. The third-order valence-corrected chi connectivity index (χ3v) is 5.12. The number of aromatic hydroxyl groups is 1. The highest BCUT2D eigenvalue weighted by molar-refractivity contribution is 5.80. The summed E-state index contributed by atoms with van der Waals surface area (Å²) in [6.07, 6.45) is 2.34. The van der Waals surface area contributed by atoms with Gasteiger partial charge in [0, 0.05) is 45.8 Å². The molecule has 0 amide bonds. The van der Waals surface area contributed by atoms with E-state index in [0.717, 1.165) is 57.3 Å². The maximum absolute atomic E-state index is 10.0. The fraction of sp³-hybridized carbons (Fsp3) is 0.650. The van der Waals surface area contributed by atoms with Crippen LogP contribution < -0.4 is 10.2 Å². The van der Waals surface area contributed by atoms with Crippen molar-refractivity contribution >= 4 is 11.6 Å². The third-order valence-electron chi connectivity index (χ3n) is 5.12. The number of piperazine rings is 1. The summed E-state index contributed by atoms with van der Waals surface area (Å²) < 4.78 is 0. The number of nitrogens with one attached hydrogen (secondary N) is 1. The molecule has 0 bridgehead atoms. The van der Waals surface area contributed by atoms with E-state index in [9.17, 15) is 5.11 Å². The first-order chi connectivity index (χ1) is 12.5. The van der Waals surface area contributed by atoms with Crippen molar-refractivity contribution in [1.82, 2.24) is 15.1 Å². The Balaban J connectivity index is 1.72. The molecular formula is C20H35N5O. The van der Waals surface area contributed by atoms with Crippen molar-refractivity contribution in [2.45, 2.75) is 32.7 Å². The predicted octanol–water partition coefficient (Wildman–Crippen LogP) is 2.21. The average Bonchev–Trinajstić information content (AvgIpc) is 2.65. The molecule has 0 spiro atoms. The van der Waals surface area contributed by atoms with Crippen LogP contribution in [0.25, 0.3) is 0 Å². The molecule has 2 rings (SSSR count). The number of hydrogen-bond acceptors (Lipinski definition) is 4. The molecule has 26 heavy (non-hydrogen) atoms. The lowest BCUT2D eigenvalue weighted by Crippen LogP contribution is -2.52.